The van der Waals surface area contributed by atoms with Gasteiger partial charge in [0, 0.05) is 12.0 Å². The van der Waals surface area contributed by atoms with Crippen LogP contribution in [0.3, 0.4) is 0 Å². The molecule has 1 N–H and O–H groups in total. The second-order valence-corrected chi connectivity index (χ2v) is 4.60. The summed E-state index contributed by atoms with van der Waals surface area (Å²) in [6.07, 6.45) is 3.55. The number of hydrogen-bond donors (Lipinski definition) is 1. The fourth-order valence-corrected chi connectivity index (χ4v) is 2.01. The van der Waals surface area contributed by atoms with Gasteiger partial charge in [-0.3, -0.25) is 9.48 Å². The van der Waals surface area contributed by atoms with E-state index in [0.29, 0.717) is 13.0 Å². The number of amides is 1. The number of benzene rings is 1. The predicted octanol–water partition coefficient (Wildman–Crippen LogP) is 2.21. The summed E-state index contributed by atoms with van der Waals surface area (Å²) in [4.78, 5) is 15.7. The zero-order valence-electron chi connectivity index (χ0n) is 11.6. The molecule has 0 saturated heterocycles. The van der Waals surface area contributed by atoms with E-state index in [9.17, 15) is 13.6 Å². The van der Waals surface area contributed by atoms with E-state index in [2.05, 4.69) is 15.4 Å². The highest BCUT2D eigenvalue weighted by molar-refractivity contribution is 5.76. The van der Waals surface area contributed by atoms with Crippen molar-refractivity contribution in [3.8, 4) is 0 Å². The van der Waals surface area contributed by atoms with Gasteiger partial charge in [0.25, 0.3) is 0 Å². The monoisotopic (exact) mass is 294 g/mol. The highest BCUT2D eigenvalue weighted by Gasteiger charge is 2.17. The molecule has 7 heteroatoms. The minimum Gasteiger partial charge on any atom is -0.349 e. The van der Waals surface area contributed by atoms with Crippen LogP contribution in [0.1, 0.15) is 31.4 Å². The first kappa shape index (κ1) is 15.1. The van der Waals surface area contributed by atoms with Gasteiger partial charge in [-0.15, -0.1) is 0 Å². The van der Waals surface area contributed by atoms with E-state index >= 15 is 0 Å². The van der Waals surface area contributed by atoms with E-state index in [1.807, 2.05) is 0 Å². The fraction of sp³-hybridized carbons (Fsp3) is 0.357. The highest BCUT2D eigenvalue weighted by atomic mass is 19.1. The van der Waals surface area contributed by atoms with Crippen LogP contribution in [0.2, 0.25) is 0 Å². The van der Waals surface area contributed by atoms with Gasteiger partial charge >= 0.3 is 0 Å². The molecule has 2 aromatic rings. The van der Waals surface area contributed by atoms with Crippen LogP contribution in [0, 0.1) is 11.6 Å². The maximum Gasteiger partial charge on any atom is 0.222 e. The second-order valence-electron chi connectivity index (χ2n) is 4.60. The fourth-order valence-electron chi connectivity index (χ4n) is 2.01. The van der Waals surface area contributed by atoms with Crippen LogP contribution in [-0.4, -0.2) is 20.7 Å². The van der Waals surface area contributed by atoms with Crippen molar-refractivity contribution in [3.05, 3.63) is 48.1 Å². The summed E-state index contributed by atoms with van der Waals surface area (Å²) in [5.41, 5.74) is 0.159. The Hall–Kier alpha value is -2.31. The van der Waals surface area contributed by atoms with Crippen molar-refractivity contribution in [1.29, 1.82) is 0 Å². The SMILES string of the molecule is CCC(NC(=O)CCn1cncn1)c1cc(F)ccc1F. The summed E-state index contributed by atoms with van der Waals surface area (Å²) in [7, 11) is 0. The molecular weight excluding hydrogens is 278 g/mol. The van der Waals surface area contributed by atoms with Gasteiger partial charge in [-0.05, 0) is 24.6 Å². The van der Waals surface area contributed by atoms with E-state index in [-0.39, 0.29) is 17.9 Å². The Kier molecular flexibility index (Phi) is 4.97. The van der Waals surface area contributed by atoms with Crippen LogP contribution in [-0.2, 0) is 11.3 Å². The number of hydrogen-bond acceptors (Lipinski definition) is 3. The average molecular weight is 294 g/mol. The smallest absolute Gasteiger partial charge is 0.222 e. The lowest BCUT2D eigenvalue weighted by Gasteiger charge is -2.18. The van der Waals surface area contributed by atoms with Gasteiger partial charge < -0.3 is 5.32 Å². The lowest BCUT2D eigenvalue weighted by Crippen LogP contribution is -2.29. The van der Waals surface area contributed by atoms with E-state index in [1.165, 1.54) is 17.3 Å². The molecule has 0 bridgehead atoms. The Morgan fingerprint density at radius 2 is 2.24 bits per heavy atom. The zero-order valence-corrected chi connectivity index (χ0v) is 11.6. The first-order valence-electron chi connectivity index (χ1n) is 6.67. The molecule has 1 aromatic heterocycles. The number of nitrogens with zero attached hydrogens (tertiary/aromatic N) is 3. The molecule has 1 aromatic carbocycles. The summed E-state index contributed by atoms with van der Waals surface area (Å²) >= 11 is 0. The van der Waals surface area contributed by atoms with Crippen molar-refractivity contribution >= 4 is 5.91 Å². The van der Waals surface area contributed by atoms with Crippen molar-refractivity contribution in [1.82, 2.24) is 20.1 Å². The Morgan fingerprint density at radius 1 is 1.43 bits per heavy atom. The third kappa shape index (κ3) is 4.08. The normalized spacial score (nSPS) is 12.1. The van der Waals surface area contributed by atoms with E-state index in [0.717, 1.165) is 18.2 Å². The molecule has 21 heavy (non-hydrogen) atoms. The predicted molar refractivity (Wildman–Crippen MR) is 72.2 cm³/mol. The third-order valence-corrected chi connectivity index (χ3v) is 3.11. The lowest BCUT2D eigenvalue weighted by molar-refractivity contribution is -0.122. The van der Waals surface area contributed by atoms with Gasteiger partial charge in [0.15, 0.2) is 0 Å². The van der Waals surface area contributed by atoms with Crippen molar-refractivity contribution in [2.24, 2.45) is 0 Å². The molecule has 0 aliphatic carbocycles. The topological polar surface area (TPSA) is 59.8 Å². The molecule has 1 amide bonds. The van der Waals surface area contributed by atoms with E-state index < -0.39 is 17.7 Å². The molecule has 0 spiro atoms. The summed E-state index contributed by atoms with van der Waals surface area (Å²) < 4.78 is 28.5. The average Bonchev–Trinajstić information content (AvgIpc) is 2.98. The molecule has 2 rings (SSSR count). The van der Waals surface area contributed by atoms with E-state index in [4.69, 9.17) is 0 Å². The summed E-state index contributed by atoms with van der Waals surface area (Å²) in [6, 6.07) is 2.68. The van der Waals surface area contributed by atoms with Crippen molar-refractivity contribution < 1.29 is 13.6 Å². The van der Waals surface area contributed by atoms with Gasteiger partial charge in [0.05, 0.1) is 12.6 Å². The highest BCUT2D eigenvalue weighted by Crippen LogP contribution is 2.21. The van der Waals surface area contributed by atoms with Crippen LogP contribution < -0.4 is 5.32 Å². The quantitative estimate of drug-likeness (QED) is 0.888. The minimum atomic E-state index is -0.552. The standard InChI is InChI=1S/C14H16F2N4O/c1-2-13(11-7-10(15)3-4-12(11)16)19-14(21)5-6-20-9-17-8-18-20/h3-4,7-9,13H,2,5-6H2,1H3,(H,19,21). The maximum atomic E-state index is 13.7. The van der Waals surface area contributed by atoms with Gasteiger partial charge in [0.2, 0.25) is 5.91 Å². The Labute approximate surface area is 121 Å². The Bertz CT molecular complexity index is 601. The third-order valence-electron chi connectivity index (χ3n) is 3.11. The van der Waals surface area contributed by atoms with Gasteiger partial charge in [-0.2, -0.15) is 5.10 Å². The van der Waals surface area contributed by atoms with Crippen LogP contribution in [0.5, 0.6) is 0 Å². The first-order chi connectivity index (χ1) is 10.1. The zero-order chi connectivity index (χ0) is 15.2. The molecular formula is C14H16F2N4O. The molecule has 1 atom stereocenters. The molecule has 0 radical (unpaired) electrons. The van der Waals surface area contributed by atoms with Crippen molar-refractivity contribution in [2.75, 3.05) is 0 Å². The van der Waals surface area contributed by atoms with Gasteiger partial charge in [-0.25, -0.2) is 13.8 Å². The molecule has 0 fully saturated rings. The molecule has 0 aliphatic heterocycles. The Balaban J connectivity index is 1.98. The van der Waals surface area contributed by atoms with Crippen molar-refractivity contribution in [2.45, 2.75) is 32.4 Å². The minimum absolute atomic E-state index is 0.159. The van der Waals surface area contributed by atoms with E-state index in [1.54, 1.807) is 6.92 Å². The number of halogens is 2. The summed E-state index contributed by atoms with van der Waals surface area (Å²) in [6.45, 7) is 2.18. The van der Waals surface area contributed by atoms with Crippen LogP contribution in [0.4, 0.5) is 8.78 Å². The van der Waals surface area contributed by atoms with Crippen LogP contribution in [0.25, 0.3) is 0 Å². The lowest BCUT2D eigenvalue weighted by atomic mass is 10.0. The number of aromatic nitrogens is 3. The number of rotatable bonds is 6. The van der Waals surface area contributed by atoms with Crippen LogP contribution >= 0.6 is 0 Å². The van der Waals surface area contributed by atoms with Gasteiger partial charge in [-0.1, -0.05) is 6.92 Å². The molecule has 0 aliphatic rings. The summed E-state index contributed by atoms with van der Waals surface area (Å²) in [5.74, 6) is -1.30. The van der Waals surface area contributed by atoms with Crippen molar-refractivity contribution in [3.63, 3.8) is 0 Å². The molecule has 1 unspecified atom stereocenters. The number of carbonyl (C=O) groups excluding carboxylic acids is 1. The van der Waals surface area contributed by atoms with Crippen LogP contribution in [0.15, 0.2) is 30.9 Å². The molecule has 0 saturated carbocycles. The summed E-state index contributed by atoms with van der Waals surface area (Å²) in [5, 5.41) is 6.59. The second kappa shape index (κ2) is 6.92. The number of aryl methyl sites for hydroxylation is 1. The largest absolute Gasteiger partial charge is 0.349 e. The number of carbonyl (C=O) groups is 1. The maximum absolute atomic E-state index is 13.7. The first-order valence-corrected chi connectivity index (χ1v) is 6.67. The molecule has 5 nitrogen and oxygen atoms in total. The Morgan fingerprint density at radius 3 is 2.90 bits per heavy atom. The number of nitrogens with one attached hydrogen (secondary N) is 1. The molecule has 112 valence electrons. The van der Waals surface area contributed by atoms with Gasteiger partial charge in [0.1, 0.15) is 24.3 Å². The molecule has 1 heterocycles.